The Bertz CT molecular complexity index is 2750. The van der Waals surface area contributed by atoms with Crippen LogP contribution >= 0.6 is 22.4 Å². The van der Waals surface area contributed by atoms with Gasteiger partial charge in [-0.2, -0.15) is 42.8 Å². The van der Waals surface area contributed by atoms with E-state index >= 15 is 0 Å². The van der Waals surface area contributed by atoms with Gasteiger partial charge < -0.3 is 31.7 Å². The molecule has 0 aromatic heterocycles. The topological polar surface area (TPSA) is 401 Å². The Kier molecular flexibility index (Phi) is 18.2. The van der Waals surface area contributed by atoms with E-state index in [1.54, 1.807) is 11.9 Å². The molecule has 4 aromatic rings. The molecule has 0 bridgehead atoms. The lowest BCUT2D eigenvalue weighted by atomic mass is 10.0. The first-order chi connectivity index (χ1) is 30.0. The largest absolute Gasteiger partial charge is 0.433 e. The SMILES string of the molecule is CN(CCO)CCS(=O)(=O)c1ccc(N=Nc2c(N)c(N=Nc3ccc(S(O)(O)CCOS(=O)(=O)O)cc3)c(N)c(N=Nc3ccc(SC#COOS(=O)(=O)O)cc3)c2C(O)O)cc1. The van der Waals surface area contributed by atoms with Gasteiger partial charge in [0.15, 0.2) is 22.2 Å². The zero-order chi connectivity index (χ0) is 47.3. The van der Waals surface area contributed by atoms with Gasteiger partial charge in [0.1, 0.15) is 17.1 Å². The number of thioether (sulfide) groups is 1. The number of nitrogens with zero attached hydrogens (tertiary/aromatic N) is 7. The minimum atomic E-state index is -4.87. The average Bonchev–Trinajstić information content (AvgIpc) is 3.21. The molecule has 0 fully saturated rings. The third-order valence-corrected chi connectivity index (χ3v) is 12.9. The molecular formula is C34H39N9O16S5. The van der Waals surface area contributed by atoms with Crippen LogP contribution in [0.2, 0.25) is 0 Å². The van der Waals surface area contributed by atoms with E-state index in [1.807, 2.05) is 6.11 Å². The van der Waals surface area contributed by atoms with Gasteiger partial charge in [0, 0.05) is 23.2 Å². The summed E-state index contributed by atoms with van der Waals surface area (Å²) in [6.07, 6.45) is -0.456. The number of likely N-dealkylation sites (N-methyl/N-ethyl adjacent to an activating group) is 1. The van der Waals surface area contributed by atoms with Crippen molar-refractivity contribution in [3.8, 4) is 11.4 Å². The van der Waals surface area contributed by atoms with Crippen LogP contribution in [0.15, 0.2) is 118 Å². The van der Waals surface area contributed by atoms with Gasteiger partial charge >= 0.3 is 20.8 Å². The highest BCUT2D eigenvalue weighted by atomic mass is 32.3. The second-order valence-corrected chi connectivity index (χ2v) is 19.9. The van der Waals surface area contributed by atoms with E-state index < -0.39 is 76.8 Å². The number of aliphatic hydroxyl groups is 3. The van der Waals surface area contributed by atoms with Crippen LogP contribution in [-0.4, -0.2) is 109 Å². The van der Waals surface area contributed by atoms with Crippen LogP contribution < -0.4 is 11.5 Å². The summed E-state index contributed by atoms with van der Waals surface area (Å²) in [5, 5.41) is 57.4. The Morgan fingerprint density at radius 3 is 1.62 bits per heavy atom. The summed E-state index contributed by atoms with van der Waals surface area (Å²) < 4.78 is 115. The highest BCUT2D eigenvalue weighted by Crippen LogP contribution is 2.51. The summed E-state index contributed by atoms with van der Waals surface area (Å²) in [6.45, 7) is -0.416. The van der Waals surface area contributed by atoms with Crippen molar-refractivity contribution in [3.63, 3.8) is 0 Å². The summed E-state index contributed by atoms with van der Waals surface area (Å²) >= 11 is 0.871. The molecule has 0 spiro atoms. The molecule has 4 rings (SSSR count). The highest BCUT2D eigenvalue weighted by molar-refractivity contribution is 8.24. The quantitative estimate of drug-likeness (QED) is 0.00730. The Morgan fingerprint density at radius 2 is 1.16 bits per heavy atom. The second-order valence-electron chi connectivity index (χ2n) is 12.6. The standard InChI is InChI=1S/C34H39N9O16S5/c1-43(14-16-44)15-20-61(47,48)26-10-4-23(5-11-26)38-41-32-28(34(45)46)31(40-37-22-2-8-25(9-3-22)60-19-17-57-59-64(54,55)56)29(35)33(30(32)36)42-39-24-6-12-27(13-7-24)62(49,50)21-18-58-63(51,52)53/h2-13,34,44-46,49-50H,14-16,18,20-21,35-36H2,1H3,(H,51,52,53)(H,54,55,56). The molecule has 0 atom stereocenters. The van der Waals surface area contributed by atoms with Gasteiger partial charge in [0.05, 0.1) is 68.5 Å². The molecule has 0 aliphatic carbocycles. The molecule has 64 heavy (non-hydrogen) atoms. The Labute approximate surface area is 371 Å². The molecule has 11 N–H and O–H groups in total. The summed E-state index contributed by atoms with van der Waals surface area (Å²) in [5.41, 5.74) is 11.0. The third-order valence-electron chi connectivity index (χ3n) is 8.03. The zero-order valence-corrected chi connectivity index (χ0v) is 37.0. The van der Waals surface area contributed by atoms with Gasteiger partial charge in [-0.3, -0.25) is 23.1 Å². The second kappa shape index (κ2) is 22.6. The third kappa shape index (κ3) is 15.8. The molecule has 0 aliphatic heterocycles. The number of sulfone groups is 1. The van der Waals surface area contributed by atoms with Crippen LogP contribution in [0.3, 0.4) is 0 Å². The monoisotopic (exact) mass is 989 g/mol. The predicted molar refractivity (Wildman–Crippen MR) is 232 cm³/mol. The summed E-state index contributed by atoms with van der Waals surface area (Å²) in [7, 11) is -15.3. The molecule has 0 saturated heterocycles. The van der Waals surface area contributed by atoms with Crippen LogP contribution in [-0.2, 0) is 44.0 Å². The van der Waals surface area contributed by atoms with Crippen molar-refractivity contribution in [2.45, 2.75) is 21.0 Å². The Morgan fingerprint density at radius 1 is 0.672 bits per heavy atom. The van der Waals surface area contributed by atoms with Crippen molar-refractivity contribution in [3.05, 3.63) is 78.4 Å². The lowest BCUT2D eigenvalue weighted by Crippen LogP contribution is -2.28. The van der Waals surface area contributed by atoms with E-state index in [9.17, 15) is 44.6 Å². The van der Waals surface area contributed by atoms with Crippen molar-refractivity contribution < 1.29 is 72.2 Å². The Balaban J connectivity index is 1.72. The van der Waals surface area contributed by atoms with E-state index in [2.05, 4.69) is 49.3 Å². The molecular weight excluding hydrogens is 951 g/mol. The van der Waals surface area contributed by atoms with Gasteiger partial charge in [0.25, 0.3) is 0 Å². The molecule has 0 saturated carbocycles. The van der Waals surface area contributed by atoms with Crippen molar-refractivity contribution in [2.75, 3.05) is 56.3 Å². The van der Waals surface area contributed by atoms with Crippen molar-refractivity contribution in [1.82, 2.24) is 4.90 Å². The molecule has 0 radical (unpaired) electrons. The number of anilines is 2. The smallest absolute Gasteiger partial charge is 0.395 e. The van der Waals surface area contributed by atoms with Gasteiger partial charge in [-0.25, -0.2) is 12.6 Å². The van der Waals surface area contributed by atoms with Gasteiger partial charge in [-0.15, -0.1) is 15.3 Å². The number of azo groups is 3. The van der Waals surface area contributed by atoms with Crippen LogP contribution in [0.4, 0.5) is 45.5 Å². The highest BCUT2D eigenvalue weighted by Gasteiger charge is 2.26. The lowest BCUT2D eigenvalue weighted by Gasteiger charge is -2.31. The van der Waals surface area contributed by atoms with Crippen molar-refractivity contribution in [1.29, 1.82) is 0 Å². The first-order valence-corrected chi connectivity index (χ1v) is 24.5. The van der Waals surface area contributed by atoms with Gasteiger partial charge in [-0.05, 0) is 95.9 Å². The van der Waals surface area contributed by atoms with Crippen LogP contribution in [0, 0.1) is 11.4 Å². The maximum absolute atomic E-state index is 12.9. The molecule has 346 valence electrons. The average molecular weight is 990 g/mol. The van der Waals surface area contributed by atoms with E-state index in [0.717, 1.165) is 11.8 Å². The molecule has 30 heteroatoms. The summed E-state index contributed by atoms with van der Waals surface area (Å²) in [4.78, 5) is 6.15. The maximum atomic E-state index is 12.9. The lowest BCUT2D eigenvalue weighted by molar-refractivity contribution is -0.135. The van der Waals surface area contributed by atoms with Gasteiger partial charge in [-0.1, -0.05) is 0 Å². The molecule has 0 unspecified atom stereocenters. The minimum absolute atomic E-state index is 0.0177. The number of nitrogens with two attached hydrogens (primary N) is 2. The van der Waals surface area contributed by atoms with Crippen LogP contribution in [0.25, 0.3) is 0 Å². The summed E-state index contributed by atoms with van der Waals surface area (Å²) in [6, 6.07) is 16.4. The summed E-state index contributed by atoms with van der Waals surface area (Å²) in [5.74, 6) is -0.801. The number of rotatable bonds is 21. The molecule has 4 aromatic carbocycles. The van der Waals surface area contributed by atoms with E-state index in [0.29, 0.717) is 4.90 Å². The fourth-order valence-electron chi connectivity index (χ4n) is 4.90. The van der Waals surface area contributed by atoms with Crippen molar-refractivity contribution in [2.24, 2.45) is 30.7 Å². The predicted octanol–water partition coefficient (Wildman–Crippen LogP) is 5.47. The fourth-order valence-corrected chi connectivity index (χ4v) is 8.35. The van der Waals surface area contributed by atoms with Gasteiger partial charge in [0.2, 0.25) is 0 Å². The zero-order valence-electron chi connectivity index (χ0n) is 32.9. The van der Waals surface area contributed by atoms with Crippen LogP contribution in [0.5, 0.6) is 0 Å². The minimum Gasteiger partial charge on any atom is -0.395 e. The molecule has 0 aliphatic rings. The maximum Gasteiger partial charge on any atom is 0.433 e. The van der Waals surface area contributed by atoms with Crippen molar-refractivity contribution >= 4 is 98.5 Å². The number of nitrogen functional groups attached to an aromatic ring is 2. The molecule has 25 nitrogen and oxygen atoms in total. The number of hydrogen-bond acceptors (Lipinski definition) is 24. The number of hydrogen-bond donors (Lipinski definition) is 9. The number of aliphatic hydroxyl groups excluding tert-OH is 2. The molecule has 0 amide bonds. The fraction of sp³-hybridized carbons (Fsp3) is 0.235. The number of benzene rings is 4. The normalized spacial score (nSPS) is 13.0. The van der Waals surface area contributed by atoms with Crippen LogP contribution in [0.1, 0.15) is 11.9 Å². The van der Waals surface area contributed by atoms with E-state index in [1.165, 1.54) is 72.8 Å². The Hall–Kier alpha value is -5.21. The van der Waals surface area contributed by atoms with E-state index in [-0.39, 0.29) is 69.4 Å². The first-order valence-electron chi connectivity index (χ1n) is 17.6. The first kappa shape index (κ1) is 51.4. The van der Waals surface area contributed by atoms with E-state index in [4.69, 9.17) is 25.7 Å². The molecule has 0 heterocycles.